The van der Waals surface area contributed by atoms with Gasteiger partial charge in [-0.1, -0.05) is 11.8 Å². The fourth-order valence-electron chi connectivity index (χ4n) is 2.24. The zero-order chi connectivity index (χ0) is 18.9. The Morgan fingerprint density at radius 3 is 2.85 bits per heavy atom. The fourth-order valence-corrected chi connectivity index (χ4v) is 3.07. The zero-order valence-corrected chi connectivity index (χ0v) is 14.1. The maximum Gasteiger partial charge on any atom is 0.433 e. The topological polar surface area (TPSA) is 81.2 Å². The molecule has 0 bridgehead atoms. The quantitative estimate of drug-likeness (QED) is 0.496. The van der Waals surface area contributed by atoms with Gasteiger partial charge in [-0.3, -0.25) is 9.59 Å². The lowest BCUT2D eigenvalue weighted by atomic mass is 10.1. The van der Waals surface area contributed by atoms with Crippen LogP contribution in [-0.2, 0) is 11.0 Å². The Balaban J connectivity index is 1.76. The Morgan fingerprint density at radius 1 is 1.35 bits per heavy atom. The van der Waals surface area contributed by atoms with Gasteiger partial charge in [-0.05, 0) is 31.2 Å². The minimum absolute atomic E-state index is 0.0978. The number of carbonyl (C=O) groups excluding carboxylic acids is 2. The van der Waals surface area contributed by atoms with Gasteiger partial charge in [0.25, 0.3) is 5.91 Å². The number of ether oxygens (including phenoxy) is 1. The summed E-state index contributed by atoms with van der Waals surface area (Å²) in [4.78, 5) is 31.1. The summed E-state index contributed by atoms with van der Waals surface area (Å²) in [5, 5.41) is 1.73. The standard InChI is InChI=1S/C16H12F3N3O3S/c1-8(26-15-20-5-4-12(22-15)16(17,18)19)14(24)9-2-3-11-10(6-9)21-13(23)7-25-11/h2-6,8H,7H2,1H3,(H,21,23). The van der Waals surface area contributed by atoms with E-state index in [-0.39, 0.29) is 23.5 Å². The number of aromatic nitrogens is 2. The molecule has 2 aromatic rings. The van der Waals surface area contributed by atoms with E-state index < -0.39 is 17.1 Å². The van der Waals surface area contributed by atoms with Crippen molar-refractivity contribution in [2.24, 2.45) is 0 Å². The molecular formula is C16H12F3N3O3S. The van der Waals surface area contributed by atoms with Crippen LogP contribution in [0.25, 0.3) is 0 Å². The third-order valence-corrected chi connectivity index (χ3v) is 4.45. The maximum atomic E-state index is 12.7. The number of nitrogens with zero attached hydrogens (tertiary/aromatic N) is 2. The number of amides is 1. The highest BCUT2D eigenvalue weighted by molar-refractivity contribution is 8.00. The average Bonchev–Trinajstić information content (AvgIpc) is 2.60. The number of Topliss-reactive ketones (excluding diaryl/α,β-unsaturated/α-hetero) is 1. The summed E-state index contributed by atoms with van der Waals surface area (Å²) in [6.07, 6.45) is -3.58. The molecule has 26 heavy (non-hydrogen) atoms. The van der Waals surface area contributed by atoms with E-state index in [1.54, 1.807) is 13.0 Å². The number of fused-ring (bicyclic) bond motifs is 1. The molecule has 0 radical (unpaired) electrons. The minimum Gasteiger partial charge on any atom is -0.482 e. The van der Waals surface area contributed by atoms with Crippen molar-refractivity contribution in [1.82, 2.24) is 9.97 Å². The van der Waals surface area contributed by atoms with Gasteiger partial charge in [0.05, 0.1) is 10.9 Å². The molecule has 0 saturated carbocycles. The predicted octanol–water partition coefficient (Wildman–Crippen LogP) is 3.19. The first kappa shape index (κ1) is 18.2. The molecule has 6 nitrogen and oxygen atoms in total. The number of alkyl halides is 3. The van der Waals surface area contributed by atoms with Crippen LogP contribution >= 0.6 is 11.8 Å². The molecule has 0 spiro atoms. The Kier molecular flexibility index (Phi) is 4.86. The van der Waals surface area contributed by atoms with E-state index in [9.17, 15) is 22.8 Å². The lowest BCUT2D eigenvalue weighted by Gasteiger charge is -2.19. The molecule has 1 aromatic heterocycles. The Morgan fingerprint density at radius 2 is 2.12 bits per heavy atom. The number of halogens is 3. The molecule has 1 unspecified atom stereocenters. The number of nitrogens with one attached hydrogen (secondary N) is 1. The van der Waals surface area contributed by atoms with Crippen LogP contribution < -0.4 is 10.1 Å². The van der Waals surface area contributed by atoms with Crippen molar-refractivity contribution >= 4 is 29.1 Å². The van der Waals surface area contributed by atoms with Gasteiger partial charge in [0.1, 0.15) is 11.4 Å². The third-order valence-electron chi connectivity index (χ3n) is 3.47. The van der Waals surface area contributed by atoms with E-state index in [4.69, 9.17) is 4.74 Å². The van der Waals surface area contributed by atoms with Crippen molar-refractivity contribution in [1.29, 1.82) is 0 Å². The lowest BCUT2D eigenvalue weighted by molar-refractivity contribution is -0.141. The van der Waals surface area contributed by atoms with E-state index >= 15 is 0 Å². The van der Waals surface area contributed by atoms with E-state index in [1.165, 1.54) is 12.1 Å². The molecule has 1 amide bonds. The SMILES string of the molecule is CC(Sc1nccc(C(F)(F)F)n1)C(=O)c1ccc2c(c1)NC(=O)CO2. The predicted molar refractivity (Wildman–Crippen MR) is 87.3 cm³/mol. The molecule has 1 atom stereocenters. The summed E-state index contributed by atoms with van der Waals surface area (Å²) < 4.78 is 43.3. The molecule has 10 heteroatoms. The molecule has 0 saturated heterocycles. The van der Waals surface area contributed by atoms with Crippen LogP contribution in [0, 0.1) is 0 Å². The largest absolute Gasteiger partial charge is 0.482 e. The van der Waals surface area contributed by atoms with Gasteiger partial charge in [0.15, 0.2) is 17.5 Å². The van der Waals surface area contributed by atoms with Crippen molar-refractivity contribution in [3.8, 4) is 5.75 Å². The van der Waals surface area contributed by atoms with Gasteiger partial charge in [0.2, 0.25) is 0 Å². The van der Waals surface area contributed by atoms with Crippen LogP contribution in [-0.4, -0.2) is 33.5 Å². The summed E-state index contributed by atoms with van der Waals surface area (Å²) in [6.45, 7) is 1.45. The second-order valence-corrected chi connectivity index (χ2v) is 6.70. The number of carbonyl (C=O) groups is 2. The van der Waals surface area contributed by atoms with Crippen LogP contribution in [0.4, 0.5) is 18.9 Å². The van der Waals surface area contributed by atoms with Crippen molar-refractivity contribution in [2.45, 2.75) is 23.5 Å². The first-order chi connectivity index (χ1) is 12.2. The van der Waals surface area contributed by atoms with Crippen LogP contribution in [0.1, 0.15) is 23.0 Å². The second-order valence-electron chi connectivity index (χ2n) is 5.39. The smallest absolute Gasteiger partial charge is 0.433 e. The summed E-state index contributed by atoms with van der Waals surface area (Å²) in [6, 6.07) is 5.32. The first-order valence-corrected chi connectivity index (χ1v) is 8.30. The van der Waals surface area contributed by atoms with Gasteiger partial charge in [-0.15, -0.1) is 0 Å². The van der Waals surface area contributed by atoms with E-state index in [1.807, 2.05) is 0 Å². The number of hydrogen-bond acceptors (Lipinski definition) is 6. The van der Waals surface area contributed by atoms with Gasteiger partial charge in [-0.2, -0.15) is 13.2 Å². The monoisotopic (exact) mass is 383 g/mol. The van der Waals surface area contributed by atoms with Crippen LogP contribution in [0.3, 0.4) is 0 Å². The molecule has 1 aliphatic heterocycles. The summed E-state index contributed by atoms with van der Waals surface area (Å²) in [5.74, 6) is -0.219. The molecule has 0 fully saturated rings. The first-order valence-electron chi connectivity index (χ1n) is 7.42. The van der Waals surface area contributed by atoms with Crippen molar-refractivity contribution < 1.29 is 27.5 Å². The second kappa shape index (κ2) is 6.94. The molecule has 1 aliphatic rings. The molecule has 136 valence electrons. The van der Waals surface area contributed by atoms with Crippen molar-refractivity contribution in [3.05, 3.63) is 41.7 Å². The number of benzene rings is 1. The van der Waals surface area contributed by atoms with Crippen LogP contribution in [0.5, 0.6) is 5.75 Å². The molecule has 3 rings (SSSR count). The van der Waals surface area contributed by atoms with Crippen LogP contribution in [0.15, 0.2) is 35.6 Å². The highest BCUT2D eigenvalue weighted by Crippen LogP contribution is 2.32. The van der Waals surface area contributed by atoms with Crippen LogP contribution in [0.2, 0.25) is 0 Å². The Hall–Kier alpha value is -2.62. The van der Waals surface area contributed by atoms with E-state index in [0.29, 0.717) is 17.0 Å². The average molecular weight is 383 g/mol. The van der Waals surface area contributed by atoms with Crippen molar-refractivity contribution in [3.63, 3.8) is 0 Å². The zero-order valence-electron chi connectivity index (χ0n) is 13.3. The maximum absolute atomic E-state index is 12.7. The number of anilines is 1. The van der Waals surface area contributed by atoms with Crippen molar-refractivity contribution in [2.75, 3.05) is 11.9 Å². The van der Waals surface area contributed by atoms with E-state index in [2.05, 4.69) is 15.3 Å². The molecule has 0 aliphatic carbocycles. The number of hydrogen-bond donors (Lipinski definition) is 1. The molecule has 2 heterocycles. The Labute approximate surface area is 150 Å². The fraction of sp³-hybridized carbons (Fsp3) is 0.250. The molecule has 1 N–H and O–H groups in total. The van der Waals surface area contributed by atoms with Gasteiger partial charge in [0, 0.05) is 11.8 Å². The summed E-state index contributed by atoms with van der Waals surface area (Å²) >= 11 is 0.824. The van der Waals surface area contributed by atoms with Gasteiger partial charge < -0.3 is 10.1 Å². The number of thioether (sulfide) groups is 1. The molecule has 1 aromatic carbocycles. The number of rotatable bonds is 4. The summed E-state index contributed by atoms with van der Waals surface area (Å²) in [5.41, 5.74) is -0.399. The minimum atomic E-state index is -4.58. The number of ketones is 1. The highest BCUT2D eigenvalue weighted by atomic mass is 32.2. The summed E-state index contributed by atoms with van der Waals surface area (Å²) in [7, 11) is 0. The van der Waals surface area contributed by atoms with Gasteiger partial charge >= 0.3 is 6.18 Å². The van der Waals surface area contributed by atoms with Gasteiger partial charge in [-0.25, -0.2) is 9.97 Å². The third kappa shape index (κ3) is 3.96. The normalized spacial score (nSPS) is 14.8. The molecular weight excluding hydrogens is 371 g/mol. The lowest BCUT2D eigenvalue weighted by Crippen LogP contribution is -2.25. The highest BCUT2D eigenvalue weighted by Gasteiger charge is 2.33. The van der Waals surface area contributed by atoms with E-state index in [0.717, 1.165) is 24.0 Å². The Bertz CT molecular complexity index is 873.